The second kappa shape index (κ2) is 13.3. The molecule has 0 bridgehead atoms. The Balaban J connectivity index is 0.000000171. The molecule has 0 unspecified atom stereocenters. The van der Waals surface area contributed by atoms with Crippen LogP contribution in [-0.4, -0.2) is 10.2 Å². The minimum Gasteiger partial charge on any atom is -0.508 e. The summed E-state index contributed by atoms with van der Waals surface area (Å²) in [5.41, 5.74) is 9.58. The van der Waals surface area contributed by atoms with E-state index in [1.165, 1.54) is 11.1 Å². The Bertz CT molecular complexity index is 1810. The summed E-state index contributed by atoms with van der Waals surface area (Å²) in [5, 5.41) is 18.4. The zero-order chi connectivity index (χ0) is 30.3. The molecule has 0 aliphatic rings. The first-order valence-corrected chi connectivity index (χ1v) is 14.0. The highest BCUT2D eigenvalue weighted by Gasteiger charge is 2.09. The fourth-order valence-corrected chi connectivity index (χ4v) is 4.78. The maximum absolute atomic E-state index is 14.4. The average Bonchev–Trinajstić information content (AvgIpc) is 3.03. The smallest absolute Gasteiger partial charge is 0.131 e. The van der Waals surface area contributed by atoms with Crippen molar-refractivity contribution in [1.29, 1.82) is 0 Å². The van der Waals surface area contributed by atoms with Gasteiger partial charge in [-0.3, -0.25) is 0 Å². The summed E-state index contributed by atoms with van der Waals surface area (Å²) >= 11 is 0. The molecule has 6 aromatic rings. The van der Waals surface area contributed by atoms with Gasteiger partial charge in [-0.05, 0) is 77.1 Å². The van der Waals surface area contributed by atoms with Crippen molar-refractivity contribution >= 4 is 0 Å². The lowest BCUT2D eigenvalue weighted by molar-refractivity contribution is 0.282. The largest absolute Gasteiger partial charge is 0.508 e. The van der Waals surface area contributed by atoms with Crippen LogP contribution in [0.3, 0.4) is 0 Å². The van der Waals surface area contributed by atoms with Crippen LogP contribution in [0.15, 0.2) is 133 Å². The van der Waals surface area contributed by atoms with Gasteiger partial charge < -0.3 is 10.2 Å². The van der Waals surface area contributed by atoms with Crippen LogP contribution >= 0.6 is 0 Å². The summed E-state index contributed by atoms with van der Waals surface area (Å²) in [6.07, 6.45) is 0. The van der Waals surface area contributed by atoms with E-state index in [-0.39, 0.29) is 24.0 Å². The lowest BCUT2D eigenvalue weighted by atomic mass is 9.98. The number of aryl methyl sites for hydroxylation is 2. The standard InChI is InChI=1S/C20H17FO.C19H15FO/c1-14-2-6-16(7-3-14)18-10-11-19(20(21)12-18)17-8-4-15(13-22)5-9-17;1-13-2-4-14(5-3-13)16-8-11-18(19(20)12-16)15-6-9-17(21)10-7-15/h2-12,22H,13H2,1H3;2-12,21H,1H3. The first-order valence-electron chi connectivity index (χ1n) is 14.0. The fourth-order valence-electron chi connectivity index (χ4n) is 4.78. The Hall–Kier alpha value is -5.06. The molecule has 2 N–H and O–H groups in total. The van der Waals surface area contributed by atoms with E-state index in [1.54, 1.807) is 48.5 Å². The normalized spacial score (nSPS) is 10.6. The van der Waals surface area contributed by atoms with E-state index in [0.29, 0.717) is 11.1 Å². The summed E-state index contributed by atoms with van der Waals surface area (Å²) in [7, 11) is 0. The predicted octanol–water partition coefficient (Wildman–Crippen LogP) is 10.1. The highest BCUT2D eigenvalue weighted by Crippen LogP contribution is 2.30. The zero-order valence-corrected chi connectivity index (χ0v) is 24.1. The van der Waals surface area contributed by atoms with Crippen molar-refractivity contribution in [2.24, 2.45) is 0 Å². The number of aliphatic hydroxyl groups excluding tert-OH is 1. The molecule has 0 atom stereocenters. The van der Waals surface area contributed by atoms with Gasteiger partial charge in [0, 0.05) is 11.1 Å². The van der Waals surface area contributed by atoms with E-state index < -0.39 is 0 Å². The van der Waals surface area contributed by atoms with E-state index in [9.17, 15) is 13.9 Å². The first kappa shape index (κ1) is 29.4. The van der Waals surface area contributed by atoms with E-state index in [2.05, 4.69) is 0 Å². The molecule has 43 heavy (non-hydrogen) atoms. The molecule has 0 aliphatic heterocycles. The Morgan fingerprint density at radius 1 is 0.442 bits per heavy atom. The van der Waals surface area contributed by atoms with Crippen LogP contribution in [0.4, 0.5) is 8.78 Å². The summed E-state index contributed by atoms with van der Waals surface area (Å²) < 4.78 is 28.8. The Morgan fingerprint density at radius 2 is 0.791 bits per heavy atom. The van der Waals surface area contributed by atoms with Gasteiger partial charge in [0.05, 0.1) is 6.61 Å². The van der Waals surface area contributed by atoms with Crippen molar-refractivity contribution in [2.45, 2.75) is 20.5 Å². The molecule has 0 saturated heterocycles. The number of aromatic hydroxyl groups is 1. The second-order valence-corrected chi connectivity index (χ2v) is 10.5. The number of aliphatic hydroxyl groups is 1. The molecule has 0 fully saturated rings. The summed E-state index contributed by atoms with van der Waals surface area (Å²) in [6.45, 7) is 4.05. The van der Waals surface area contributed by atoms with Gasteiger partial charge in [-0.25, -0.2) is 8.78 Å². The van der Waals surface area contributed by atoms with E-state index in [1.807, 2.05) is 98.8 Å². The molecule has 0 radical (unpaired) electrons. The van der Waals surface area contributed by atoms with Gasteiger partial charge in [-0.2, -0.15) is 0 Å². The van der Waals surface area contributed by atoms with Crippen LogP contribution in [0.25, 0.3) is 44.5 Å². The third-order valence-corrected chi connectivity index (χ3v) is 7.33. The van der Waals surface area contributed by atoms with Crippen molar-refractivity contribution in [1.82, 2.24) is 0 Å². The van der Waals surface area contributed by atoms with Crippen LogP contribution in [-0.2, 0) is 6.61 Å². The topological polar surface area (TPSA) is 40.5 Å². The average molecular weight is 571 g/mol. The summed E-state index contributed by atoms with van der Waals surface area (Å²) in [6, 6.07) is 40.4. The minimum atomic E-state index is -0.265. The van der Waals surface area contributed by atoms with Gasteiger partial charge in [0.2, 0.25) is 0 Å². The van der Waals surface area contributed by atoms with Crippen molar-refractivity contribution < 1.29 is 19.0 Å². The number of phenolic OH excluding ortho intramolecular Hbond substituents is 1. The highest BCUT2D eigenvalue weighted by molar-refractivity contribution is 5.72. The van der Waals surface area contributed by atoms with Gasteiger partial charge in [0.25, 0.3) is 0 Å². The maximum atomic E-state index is 14.4. The number of benzene rings is 6. The molecule has 0 aliphatic carbocycles. The van der Waals surface area contributed by atoms with Crippen molar-refractivity contribution in [3.63, 3.8) is 0 Å². The molecule has 0 spiro atoms. The molecule has 214 valence electrons. The number of rotatable bonds is 5. The van der Waals surface area contributed by atoms with Crippen LogP contribution in [0.2, 0.25) is 0 Å². The monoisotopic (exact) mass is 570 g/mol. The quantitative estimate of drug-likeness (QED) is 0.217. The van der Waals surface area contributed by atoms with Crippen molar-refractivity contribution in [2.75, 3.05) is 0 Å². The van der Waals surface area contributed by atoms with Crippen molar-refractivity contribution in [3.05, 3.63) is 162 Å². The Kier molecular flexibility index (Phi) is 9.09. The fraction of sp³-hybridized carbons (Fsp3) is 0.0769. The zero-order valence-electron chi connectivity index (χ0n) is 24.1. The molecule has 4 heteroatoms. The number of phenols is 1. The molecule has 0 heterocycles. The number of hydrogen-bond acceptors (Lipinski definition) is 2. The molecule has 0 aromatic heterocycles. The molecule has 6 rings (SSSR count). The van der Waals surface area contributed by atoms with Gasteiger partial charge in [0.1, 0.15) is 17.4 Å². The number of hydrogen-bond donors (Lipinski definition) is 2. The van der Waals surface area contributed by atoms with Crippen LogP contribution in [0.1, 0.15) is 16.7 Å². The van der Waals surface area contributed by atoms with Gasteiger partial charge in [-0.15, -0.1) is 0 Å². The van der Waals surface area contributed by atoms with Gasteiger partial charge >= 0.3 is 0 Å². The van der Waals surface area contributed by atoms with Crippen LogP contribution in [0, 0.1) is 25.5 Å². The van der Waals surface area contributed by atoms with Crippen LogP contribution in [0.5, 0.6) is 5.75 Å². The number of halogens is 2. The van der Waals surface area contributed by atoms with Gasteiger partial charge in [-0.1, -0.05) is 120 Å². The summed E-state index contributed by atoms with van der Waals surface area (Å²) in [4.78, 5) is 0. The predicted molar refractivity (Wildman–Crippen MR) is 172 cm³/mol. The first-order chi connectivity index (χ1) is 20.8. The van der Waals surface area contributed by atoms with E-state index in [4.69, 9.17) is 5.11 Å². The SMILES string of the molecule is Cc1ccc(-c2ccc(-c3ccc(CO)cc3)c(F)c2)cc1.Cc1ccc(-c2ccc(-c3ccc(O)cc3)c(F)c2)cc1. The maximum Gasteiger partial charge on any atom is 0.131 e. The molecule has 0 amide bonds. The molecular weight excluding hydrogens is 538 g/mol. The summed E-state index contributed by atoms with van der Waals surface area (Å²) in [5.74, 6) is -0.330. The lowest BCUT2D eigenvalue weighted by Gasteiger charge is -2.08. The van der Waals surface area contributed by atoms with E-state index in [0.717, 1.165) is 38.9 Å². The Labute approximate surface area is 251 Å². The lowest BCUT2D eigenvalue weighted by Crippen LogP contribution is -1.88. The highest BCUT2D eigenvalue weighted by atomic mass is 19.1. The van der Waals surface area contributed by atoms with Crippen LogP contribution < -0.4 is 0 Å². The van der Waals surface area contributed by atoms with Crippen molar-refractivity contribution in [3.8, 4) is 50.3 Å². The third-order valence-electron chi connectivity index (χ3n) is 7.33. The molecule has 0 saturated carbocycles. The minimum absolute atomic E-state index is 0.00484. The third kappa shape index (κ3) is 7.24. The van der Waals surface area contributed by atoms with Gasteiger partial charge in [0.15, 0.2) is 0 Å². The molecule has 6 aromatic carbocycles. The Morgan fingerprint density at radius 3 is 1.16 bits per heavy atom. The van der Waals surface area contributed by atoms with E-state index >= 15 is 0 Å². The molecular formula is C39H32F2O2. The molecule has 2 nitrogen and oxygen atoms in total. The second-order valence-electron chi connectivity index (χ2n) is 10.5.